The van der Waals surface area contributed by atoms with Gasteiger partial charge in [-0.2, -0.15) is 0 Å². The number of urea groups is 1. The summed E-state index contributed by atoms with van der Waals surface area (Å²) in [5.74, 6) is -0.572. The molecule has 122 valence electrons. The van der Waals surface area contributed by atoms with Crippen molar-refractivity contribution in [3.8, 4) is 0 Å². The summed E-state index contributed by atoms with van der Waals surface area (Å²) in [5, 5.41) is 5.54. The van der Waals surface area contributed by atoms with Gasteiger partial charge >= 0.3 is 6.03 Å². The van der Waals surface area contributed by atoms with Gasteiger partial charge in [-0.15, -0.1) is 0 Å². The predicted octanol–water partition coefficient (Wildman–Crippen LogP) is 3.90. The third-order valence-electron chi connectivity index (χ3n) is 3.23. The largest absolute Gasteiger partial charge is 0.330 e. The van der Waals surface area contributed by atoms with Gasteiger partial charge in [0.1, 0.15) is 5.82 Å². The number of carbonyl (C=O) groups is 1. The van der Waals surface area contributed by atoms with Gasteiger partial charge in [-0.25, -0.2) is 9.18 Å². The fourth-order valence-electron chi connectivity index (χ4n) is 2.18. The van der Waals surface area contributed by atoms with E-state index >= 15 is 0 Å². The summed E-state index contributed by atoms with van der Waals surface area (Å²) in [6, 6.07) is 13.2. The first-order chi connectivity index (χ1) is 11.0. The number of halogens is 2. The molecule has 0 spiro atoms. The number of likely N-dealkylation sites (N-methyl/N-ethyl adjacent to an activating group) is 1. The summed E-state index contributed by atoms with van der Waals surface area (Å²) in [7, 11) is 3.87. The zero-order chi connectivity index (χ0) is 16.8. The normalized spacial score (nSPS) is 12.0. The summed E-state index contributed by atoms with van der Waals surface area (Å²) in [6.07, 6.45) is 0. The van der Waals surface area contributed by atoms with Crippen LogP contribution in [0.3, 0.4) is 0 Å². The molecule has 2 aromatic carbocycles. The molecule has 0 fully saturated rings. The Morgan fingerprint density at radius 2 is 1.91 bits per heavy atom. The Labute approximate surface area is 140 Å². The predicted molar refractivity (Wildman–Crippen MR) is 91.3 cm³/mol. The van der Waals surface area contributed by atoms with Crippen LogP contribution in [0.2, 0.25) is 5.02 Å². The number of amides is 2. The molecule has 0 aliphatic carbocycles. The molecule has 0 saturated heterocycles. The number of hydrogen-bond donors (Lipinski definition) is 2. The van der Waals surface area contributed by atoms with E-state index in [1.54, 1.807) is 6.07 Å². The average Bonchev–Trinajstić information content (AvgIpc) is 2.51. The van der Waals surface area contributed by atoms with Crippen molar-refractivity contribution in [1.29, 1.82) is 0 Å². The molecular weight excluding hydrogens is 317 g/mol. The number of rotatable bonds is 5. The third-order valence-corrected chi connectivity index (χ3v) is 3.54. The first kappa shape index (κ1) is 17.2. The molecule has 23 heavy (non-hydrogen) atoms. The van der Waals surface area contributed by atoms with Gasteiger partial charge in [-0.1, -0.05) is 41.9 Å². The Kier molecular flexibility index (Phi) is 5.96. The molecule has 2 amide bonds. The molecule has 0 aliphatic rings. The summed E-state index contributed by atoms with van der Waals surface area (Å²) in [4.78, 5) is 14.2. The number of nitrogens with zero attached hydrogens (tertiary/aromatic N) is 1. The van der Waals surface area contributed by atoms with Crippen LogP contribution < -0.4 is 10.6 Å². The molecular formula is C17H19ClFN3O. The first-order valence-corrected chi connectivity index (χ1v) is 7.56. The lowest BCUT2D eigenvalue weighted by Crippen LogP contribution is -2.37. The lowest BCUT2D eigenvalue weighted by molar-refractivity contribution is 0.244. The molecule has 1 unspecified atom stereocenters. The molecule has 0 saturated carbocycles. The third kappa shape index (κ3) is 5.23. The van der Waals surface area contributed by atoms with Gasteiger partial charge < -0.3 is 15.5 Å². The van der Waals surface area contributed by atoms with E-state index in [1.165, 1.54) is 12.1 Å². The minimum atomic E-state index is -0.572. The van der Waals surface area contributed by atoms with E-state index in [0.717, 1.165) is 5.56 Å². The molecule has 6 heteroatoms. The van der Waals surface area contributed by atoms with E-state index in [0.29, 0.717) is 12.2 Å². The van der Waals surface area contributed by atoms with Crippen LogP contribution in [0.5, 0.6) is 0 Å². The van der Waals surface area contributed by atoms with Crippen LogP contribution in [0.15, 0.2) is 48.5 Å². The van der Waals surface area contributed by atoms with Crippen LogP contribution in [0.25, 0.3) is 0 Å². The van der Waals surface area contributed by atoms with Crippen molar-refractivity contribution < 1.29 is 9.18 Å². The van der Waals surface area contributed by atoms with Crippen molar-refractivity contribution in [2.24, 2.45) is 0 Å². The molecule has 2 rings (SSSR count). The molecule has 0 aromatic heterocycles. The SMILES string of the molecule is CN(C)CC(NC(=O)Nc1ccc(Cl)c(F)c1)c1ccccc1. The second-order valence-corrected chi connectivity index (χ2v) is 5.86. The van der Waals surface area contributed by atoms with E-state index in [4.69, 9.17) is 11.6 Å². The van der Waals surface area contributed by atoms with Crippen molar-refractivity contribution >= 4 is 23.3 Å². The quantitative estimate of drug-likeness (QED) is 0.870. The molecule has 0 heterocycles. The van der Waals surface area contributed by atoms with Gasteiger partial charge in [-0.3, -0.25) is 0 Å². The van der Waals surface area contributed by atoms with Crippen LogP contribution in [0, 0.1) is 5.82 Å². The average molecular weight is 336 g/mol. The van der Waals surface area contributed by atoms with E-state index in [9.17, 15) is 9.18 Å². The maximum Gasteiger partial charge on any atom is 0.319 e. The molecule has 1 atom stereocenters. The van der Waals surface area contributed by atoms with Crippen LogP contribution in [-0.2, 0) is 0 Å². The second kappa shape index (κ2) is 7.94. The van der Waals surface area contributed by atoms with E-state index in [1.807, 2.05) is 49.3 Å². The van der Waals surface area contributed by atoms with Gasteiger partial charge in [0.2, 0.25) is 0 Å². The number of nitrogens with one attached hydrogen (secondary N) is 2. The Morgan fingerprint density at radius 1 is 1.22 bits per heavy atom. The van der Waals surface area contributed by atoms with Crippen LogP contribution in [-0.4, -0.2) is 31.6 Å². The van der Waals surface area contributed by atoms with Crippen LogP contribution >= 0.6 is 11.6 Å². The molecule has 4 nitrogen and oxygen atoms in total. The first-order valence-electron chi connectivity index (χ1n) is 7.18. The topological polar surface area (TPSA) is 44.4 Å². The van der Waals surface area contributed by atoms with Crippen molar-refractivity contribution in [2.45, 2.75) is 6.04 Å². The number of benzene rings is 2. The fraction of sp³-hybridized carbons (Fsp3) is 0.235. The van der Waals surface area contributed by atoms with Crippen molar-refractivity contribution in [2.75, 3.05) is 26.0 Å². The van der Waals surface area contributed by atoms with Gasteiger partial charge in [0.25, 0.3) is 0 Å². The van der Waals surface area contributed by atoms with Gasteiger partial charge in [0.15, 0.2) is 0 Å². The highest BCUT2D eigenvalue weighted by Gasteiger charge is 2.15. The van der Waals surface area contributed by atoms with Gasteiger partial charge in [0.05, 0.1) is 11.1 Å². The summed E-state index contributed by atoms with van der Waals surface area (Å²) in [6.45, 7) is 0.645. The minimum absolute atomic E-state index is 0.0192. The van der Waals surface area contributed by atoms with Crippen LogP contribution in [0.4, 0.5) is 14.9 Å². The molecule has 0 bridgehead atoms. The zero-order valence-corrected chi connectivity index (χ0v) is 13.8. The van der Waals surface area contributed by atoms with E-state index in [-0.39, 0.29) is 11.1 Å². The highest BCUT2D eigenvalue weighted by Crippen LogP contribution is 2.19. The van der Waals surface area contributed by atoms with E-state index in [2.05, 4.69) is 10.6 Å². The Balaban J connectivity index is 2.06. The summed E-state index contributed by atoms with van der Waals surface area (Å²) < 4.78 is 13.4. The molecule has 0 radical (unpaired) electrons. The standard InChI is InChI=1S/C17H19ClFN3O/c1-22(2)11-16(12-6-4-3-5-7-12)21-17(23)20-13-8-9-14(18)15(19)10-13/h3-10,16H,11H2,1-2H3,(H2,20,21,23). The highest BCUT2D eigenvalue weighted by molar-refractivity contribution is 6.30. The van der Waals surface area contributed by atoms with Gasteiger partial charge in [-0.05, 0) is 37.9 Å². The maximum absolute atomic E-state index is 13.4. The second-order valence-electron chi connectivity index (χ2n) is 5.45. The number of anilines is 1. The number of hydrogen-bond acceptors (Lipinski definition) is 2. The minimum Gasteiger partial charge on any atom is -0.330 e. The number of carbonyl (C=O) groups excluding carboxylic acids is 1. The zero-order valence-electron chi connectivity index (χ0n) is 13.0. The molecule has 2 aromatic rings. The summed E-state index contributed by atoms with van der Waals surface area (Å²) >= 11 is 5.63. The molecule has 2 N–H and O–H groups in total. The lowest BCUT2D eigenvalue weighted by Gasteiger charge is -2.23. The smallest absolute Gasteiger partial charge is 0.319 e. The summed E-state index contributed by atoms with van der Waals surface area (Å²) in [5.41, 5.74) is 1.35. The Morgan fingerprint density at radius 3 is 2.52 bits per heavy atom. The molecule has 0 aliphatic heterocycles. The highest BCUT2D eigenvalue weighted by atomic mass is 35.5. The Bertz CT molecular complexity index is 664. The van der Waals surface area contributed by atoms with Crippen molar-refractivity contribution in [3.05, 3.63) is 64.9 Å². The van der Waals surface area contributed by atoms with Crippen molar-refractivity contribution in [3.63, 3.8) is 0 Å². The van der Waals surface area contributed by atoms with Crippen molar-refractivity contribution in [1.82, 2.24) is 10.2 Å². The fourth-order valence-corrected chi connectivity index (χ4v) is 2.30. The van der Waals surface area contributed by atoms with Gasteiger partial charge in [0, 0.05) is 12.2 Å². The van der Waals surface area contributed by atoms with Crippen LogP contribution in [0.1, 0.15) is 11.6 Å². The monoisotopic (exact) mass is 335 g/mol. The lowest BCUT2D eigenvalue weighted by atomic mass is 10.1. The Hall–Kier alpha value is -2.11. The maximum atomic E-state index is 13.4. The van der Waals surface area contributed by atoms with E-state index < -0.39 is 11.8 Å².